The fraction of sp³-hybridized carbons (Fsp3) is 0.833. The Labute approximate surface area is 65.4 Å². The van der Waals surface area contributed by atoms with Crippen LogP contribution in [0.1, 0.15) is 13.8 Å². The summed E-state index contributed by atoms with van der Waals surface area (Å²) < 4.78 is 0. The first kappa shape index (κ1) is 9.78. The number of amides is 1. The third-order valence-electron chi connectivity index (χ3n) is 0.985. The van der Waals surface area contributed by atoms with Gasteiger partial charge in [0.25, 0.3) is 0 Å². The van der Waals surface area contributed by atoms with Gasteiger partial charge in [-0.25, -0.2) is 0 Å². The zero-order chi connectivity index (χ0) is 8.69. The molecule has 62 valence electrons. The first-order valence-corrected chi connectivity index (χ1v) is 3.44. The summed E-state index contributed by atoms with van der Waals surface area (Å²) >= 11 is 0. The van der Waals surface area contributed by atoms with Crippen LogP contribution < -0.4 is 5.32 Å². The summed E-state index contributed by atoms with van der Waals surface area (Å²) in [6, 6.07) is 0. The number of nitrogens with one attached hydrogen (secondary N) is 1. The molecule has 0 aliphatic heterocycles. The Morgan fingerprint density at radius 1 is 1.73 bits per heavy atom. The van der Waals surface area contributed by atoms with Crippen molar-refractivity contribution in [2.24, 2.45) is 11.0 Å². The Balaban J connectivity index is 3.45. The summed E-state index contributed by atoms with van der Waals surface area (Å²) in [5, 5.41) is 5.73. The maximum absolute atomic E-state index is 10.7. The van der Waals surface area contributed by atoms with Crippen LogP contribution in [0, 0.1) is 5.92 Å². The van der Waals surface area contributed by atoms with Gasteiger partial charge in [0, 0.05) is 11.5 Å². The highest BCUT2D eigenvalue weighted by Crippen LogP contribution is 1.86. The highest BCUT2D eigenvalue weighted by atomic mass is 16.1. The van der Waals surface area contributed by atoms with E-state index in [-0.39, 0.29) is 12.5 Å². The molecule has 0 aromatic heterocycles. The largest absolute Gasteiger partial charge is 0.356 e. The molecular formula is C6H12N4O. The van der Waals surface area contributed by atoms with Crippen LogP contribution in [-0.2, 0) is 4.79 Å². The molecule has 0 aromatic carbocycles. The fourth-order valence-corrected chi connectivity index (χ4v) is 0.470. The number of hydrogen-bond acceptors (Lipinski definition) is 2. The third kappa shape index (κ3) is 6.67. The van der Waals surface area contributed by atoms with Gasteiger partial charge >= 0.3 is 0 Å². The second-order valence-electron chi connectivity index (χ2n) is 2.59. The lowest BCUT2D eigenvalue weighted by Crippen LogP contribution is -2.28. The van der Waals surface area contributed by atoms with Crippen LogP contribution in [0.2, 0.25) is 0 Å². The number of carbonyl (C=O) groups excluding carboxylic acids is 1. The summed E-state index contributed by atoms with van der Waals surface area (Å²) in [6.07, 6.45) is 0. The standard InChI is InChI=1S/C6H12N4O/c1-5(2)3-8-6(11)4-9-10-7/h5H,3-4H2,1-2H3,(H,8,11). The minimum atomic E-state index is -0.225. The SMILES string of the molecule is CC(C)CNC(=O)CN=[N+]=[N-]. The lowest BCUT2D eigenvalue weighted by atomic mass is 10.2. The predicted octanol–water partition coefficient (Wildman–Crippen LogP) is 1.07. The van der Waals surface area contributed by atoms with Crippen molar-refractivity contribution in [3.8, 4) is 0 Å². The average molecular weight is 156 g/mol. The van der Waals surface area contributed by atoms with Crippen LogP contribution in [0.4, 0.5) is 0 Å². The Hall–Kier alpha value is -1.22. The third-order valence-corrected chi connectivity index (χ3v) is 0.985. The summed E-state index contributed by atoms with van der Waals surface area (Å²) in [7, 11) is 0. The fourth-order valence-electron chi connectivity index (χ4n) is 0.470. The molecule has 0 saturated heterocycles. The average Bonchev–Trinajstić information content (AvgIpc) is 1.97. The van der Waals surface area contributed by atoms with Gasteiger partial charge in [0.1, 0.15) is 6.54 Å². The summed E-state index contributed by atoms with van der Waals surface area (Å²) in [5.41, 5.74) is 7.87. The van der Waals surface area contributed by atoms with Crippen molar-refractivity contribution in [1.82, 2.24) is 5.32 Å². The van der Waals surface area contributed by atoms with Gasteiger partial charge in [-0.1, -0.05) is 19.0 Å². The van der Waals surface area contributed by atoms with E-state index < -0.39 is 0 Å². The zero-order valence-electron chi connectivity index (χ0n) is 6.74. The van der Waals surface area contributed by atoms with Gasteiger partial charge in [0.05, 0.1) is 0 Å². The smallest absolute Gasteiger partial charge is 0.225 e. The van der Waals surface area contributed by atoms with E-state index in [9.17, 15) is 4.79 Å². The molecule has 5 nitrogen and oxygen atoms in total. The van der Waals surface area contributed by atoms with Crippen molar-refractivity contribution in [3.63, 3.8) is 0 Å². The molecule has 0 saturated carbocycles. The van der Waals surface area contributed by atoms with Crippen molar-refractivity contribution in [2.45, 2.75) is 13.8 Å². The minimum absolute atomic E-state index is 0.108. The highest BCUT2D eigenvalue weighted by molar-refractivity contribution is 5.78. The first-order chi connectivity index (χ1) is 5.16. The second kappa shape index (κ2) is 5.56. The zero-order valence-corrected chi connectivity index (χ0v) is 6.74. The molecule has 0 heterocycles. The summed E-state index contributed by atoms with van der Waals surface area (Å²) in [6.45, 7) is 4.50. The van der Waals surface area contributed by atoms with E-state index in [1.165, 1.54) is 0 Å². The lowest BCUT2D eigenvalue weighted by Gasteiger charge is -2.04. The molecule has 0 aliphatic rings. The van der Waals surface area contributed by atoms with Crippen molar-refractivity contribution < 1.29 is 4.79 Å². The molecule has 0 fully saturated rings. The monoisotopic (exact) mass is 156 g/mol. The summed E-state index contributed by atoms with van der Waals surface area (Å²) in [4.78, 5) is 13.2. The molecule has 0 bridgehead atoms. The normalized spacial score (nSPS) is 9.00. The van der Waals surface area contributed by atoms with E-state index in [1.54, 1.807) is 0 Å². The number of rotatable bonds is 4. The molecule has 11 heavy (non-hydrogen) atoms. The first-order valence-electron chi connectivity index (χ1n) is 3.44. The van der Waals surface area contributed by atoms with Crippen molar-refractivity contribution in [1.29, 1.82) is 0 Å². The Morgan fingerprint density at radius 3 is 2.82 bits per heavy atom. The molecule has 0 aromatic rings. The molecule has 1 amide bonds. The van der Waals surface area contributed by atoms with E-state index in [0.29, 0.717) is 12.5 Å². The maximum Gasteiger partial charge on any atom is 0.225 e. The predicted molar refractivity (Wildman–Crippen MR) is 41.9 cm³/mol. The van der Waals surface area contributed by atoms with E-state index in [2.05, 4.69) is 15.3 Å². The molecule has 1 N–H and O–H groups in total. The number of hydrogen-bond donors (Lipinski definition) is 1. The van der Waals surface area contributed by atoms with E-state index in [4.69, 9.17) is 5.53 Å². The molecule has 0 aliphatic carbocycles. The van der Waals surface area contributed by atoms with Crippen molar-refractivity contribution in [3.05, 3.63) is 10.4 Å². The molecule has 0 spiro atoms. The highest BCUT2D eigenvalue weighted by Gasteiger charge is 1.98. The number of carbonyl (C=O) groups is 1. The molecule has 0 radical (unpaired) electrons. The van der Waals surface area contributed by atoms with Gasteiger partial charge in [-0.15, -0.1) is 0 Å². The van der Waals surface area contributed by atoms with Crippen LogP contribution in [0.25, 0.3) is 10.4 Å². The Morgan fingerprint density at radius 2 is 2.36 bits per heavy atom. The van der Waals surface area contributed by atoms with E-state index in [0.717, 1.165) is 0 Å². The molecular weight excluding hydrogens is 144 g/mol. The van der Waals surface area contributed by atoms with Crippen molar-refractivity contribution >= 4 is 5.91 Å². The Kier molecular flexibility index (Phi) is 4.94. The molecule has 5 heteroatoms. The molecule has 0 unspecified atom stereocenters. The van der Waals surface area contributed by atoms with Gasteiger partial charge in [0.2, 0.25) is 5.91 Å². The van der Waals surface area contributed by atoms with Crippen LogP contribution in [0.5, 0.6) is 0 Å². The maximum atomic E-state index is 10.7. The molecule has 0 atom stereocenters. The van der Waals surface area contributed by atoms with E-state index >= 15 is 0 Å². The van der Waals surface area contributed by atoms with Crippen LogP contribution in [-0.4, -0.2) is 19.0 Å². The van der Waals surface area contributed by atoms with Crippen LogP contribution >= 0.6 is 0 Å². The lowest BCUT2D eigenvalue weighted by molar-refractivity contribution is -0.119. The van der Waals surface area contributed by atoms with Crippen LogP contribution in [0.15, 0.2) is 5.11 Å². The summed E-state index contributed by atoms with van der Waals surface area (Å²) in [5.74, 6) is 0.196. The number of azide groups is 1. The minimum Gasteiger partial charge on any atom is -0.356 e. The quantitative estimate of drug-likeness (QED) is 0.369. The Bertz CT molecular complexity index is 171. The van der Waals surface area contributed by atoms with E-state index in [1.807, 2.05) is 13.8 Å². The van der Waals surface area contributed by atoms with Gasteiger partial charge in [0.15, 0.2) is 0 Å². The van der Waals surface area contributed by atoms with Gasteiger partial charge in [-0.2, -0.15) is 0 Å². The molecule has 0 rings (SSSR count). The van der Waals surface area contributed by atoms with Crippen molar-refractivity contribution in [2.75, 3.05) is 13.1 Å². The van der Waals surface area contributed by atoms with Gasteiger partial charge in [-0.05, 0) is 11.4 Å². The van der Waals surface area contributed by atoms with Gasteiger partial charge in [-0.3, -0.25) is 4.79 Å². The topological polar surface area (TPSA) is 77.9 Å². The second-order valence-corrected chi connectivity index (χ2v) is 2.59. The van der Waals surface area contributed by atoms with Gasteiger partial charge < -0.3 is 5.32 Å². The number of nitrogens with zero attached hydrogens (tertiary/aromatic N) is 3. The van der Waals surface area contributed by atoms with Crippen LogP contribution in [0.3, 0.4) is 0 Å².